The number of halogens is 1. The quantitative estimate of drug-likeness (QED) is 0.597. The van der Waals surface area contributed by atoms with Crippen molar-refractivity contribution in [2.45, 2.75) is 19.4 Å². The smallest absolute Gasteiger partial charge is 0.252 e. The molecule has 1 aromatic carbocycles. The van der Waals surface area contributed by atoms with Crippen LogP contribution in [-0.2, 0) is 9.59 Å². The van der Waals surface area contributed by atoms with E-state index >= 15 is 0 Å². The number of imide groups is 1. The first-order valence-corrected chi connectivity index (χ1v) is 5.98. The van der Waals surface area contributed by atoms with Gasteiger partial charge in [-0.25, -0.2) is 4.39 Å². The maximum absolute atomic E-state index is 13.5. The van der Waals surface area contributed by atoms with E-state index < -0.39 is 23.7 Å². The van der Waals surface area contributed by atoms with Crippen molar-refractivity contribution < 1.29 is 18.8 Å². The molecule has 0 radical (unpaired) electrons. The summed E-state index contributed by atoms with van der Waals surface area (Å²) in [5, 5.41) is 2.41. The van der Waals surface area contributed by atoms with E-state index in [1.165, 1.54) is 20.0 Å². The number of hydrogen-bond acceptors (Lipinski definition) is 4. The van der Waals surface area contributed by atoms with E-state index in [4.69, 9.17) is 5.73 Å². The molecule has 7 heteroatoms. The lowest BCUT2D eigenvalue weighted by atomic mass is 10.1. The number of carbonyl (C=O) groups is 3. The minimum absolute atomic E-state index is 0.0143. The van der Waals surface area contributed by atoms with Crippen LogP contribution in [0.1, 0.15) is 22.3 Å². The fraction of sp³-hybridized carbons (Fsp3) is 0.308. The van der Waals surface area contributed by atoms with Gasteiger partial charge >= 0.3 is 0 Å². The minimum Gasteiger partial charge on any atom is -0.398 e. The highest BCUT2D eigenvalue weighted by atomic mass is 19.1. The zero-order valence-corrected chi connectivity index (χ0v) is 11.1. The van der Waals surface area contributed by atoms with Crippen LogP contribution >= 0.6 is 0 Å². The molecule has 1 heterocycles. The van der Waals surface area contributed by atoms with Crippen LogP contribution in [0.3, 0.4) is 0 Å². The lowest BCUT2D eigenvalue weighted by Gasteiger charge is -2.12. The van der Waals surface area contributed by atoms with E-state index in [9.17, 15) is 18.8 Å². The van der Waals surface area contributed by atoms with Crippen LogP contribution in [0.15, 0.2) is 12.1 Å². The van der Waals surface area contributed by atoms with Gasteiger partial charge in [0, 0.05) is 23.9 Å². The van der Waals surface area contributed by atoms with Gasteiger partial charge in [-0.3, -0.25) is 19.3 Å². The number of nitrogens with two attached hydrogens (primary N) is 1. The lowest BCUT2D eigenvalue weighted by Crippen LogP contribution is -2.40. The molecule has 0 bridgehead atoms. The average molecular weight is 279 g/mol. The molecule has 6 nitrogen and oxygen atoms in total. The Morgan fingerprint density at radius 3 is 2.60 bits per heavy atom. The Labute approximate surface area is 114 Å². The summed E-state index contributed by atoms with van der Waals surface area (Å²) in [6, 6.07) is 1.47. The number of likely N-dealkylation sites (tertiary alicyclic amines) is 1. The van der Waals surface area contributed by atoms with Crippen LogP contribution in [0, 0.1) is 12.7 Å². The third-order valence-electron chi connectivity index (χ3n) is 3.33. The molecule has 20 heavy (non-hydrogen) atoms. The summed E-state index contributed by atoms with van der Waals surface area (Å²) in [4.78, 5) is 35.9. The van der Waals surface area contributed by atoms with E-state index in [0.29, 0.717) is 0 Å². The first kappa shape index (κ1) is 14.0. The molecule has 0 saturated carbocycles. The molecule has 0 spiro atoms. The Hall–Kier alpha value is -2.44. The molecule has 1 aliphatic heterocycles. The molecular weight excluding hydrogens is 265 g/mol. The van der Waals surface area contributed by atoms with E-state index in [1.54, 1.807) is 0 Å². The summed E-state index contributed by atoms with van der Waals surface area (Å²) >= 11 is 0. The van der Waals surface area contributed by atoms with Crippen LogP contribution < -0.4 is 11.1 Å². The highest BCUT2D eigenvalue weighted by Gasteiger charge is 2.37. The fourth-order valence-electron chi connectivity index (χ4n) is 1.94. The van der Waals surface area contributed by atoms with Gasteiger partial charge in [0.2, 0.25) is 5.91 Å². The van der Waals surface area contributed by atoms with Gasteiger partial charge in [0.05, 0.1) is 6.42 Å². The standard InChI is InChI=1S/C13H14FN3O3/c1-6-8(14)3-7(4-9(6)15)12(19)16-10-5-11(18)17(2)13(10)20/h3-4,10H,5,15H2,1-2H3,(H,16,19). The Morgan fingerprint density at radius 2 is 2.10 bits per heavy atom. The molecule has 1 aromatic rings. The Balaban J connectivity index is 2.17. The van der Waals surface area contributed by atoms with Gasteiger partial charge in [-0.05, 0) is 19.1 Å². The maximum Gasteiger partial charge on any atom is 0.252 e. The summed E-state index contributed by atoms with van der Waals surface area (Å²) < 4.78 is 13.5. The van der Waals surface area contributed by atoms with Crippen LogP contribution in [0.25, 0.3) is 0 Å². The maximum atomic E-state index is 13.5. The summed E-state index contributed by atoms with van der Waals surface area (Å²) in [6.45, 7) is 1.50. The molecule has 106 valence electrons. The summed E-state index contributed by atoms with van der Waals surface area (Å²) in [6.07, 6.45) is -0.0924. The van der Waals surface area contributed by atoms with Gasteiger partial charge in [0.25, 0.3) is 11.8 Å². The number of benzene rings is 1. The lowest BCUT2D eigenvalue weighted by molar-refractivity contribution is -0.137. The fourth-order valence-corrected chi connectivity index (χ4v) is 1.94. The molecule has 1 unspecified atom stereocenters. The zero-order valence-electron chi connectivity index (χ0n) is 11.1. The number of nitrogen functional groups attached to an aromatic ring is 1. The Kier molecular flexibility index (Phi) is 3.44. The Morgan fingerprint density at radius 1 is 1.45 bits per heavy atom. The first-order valence-electron chi connectivity index (χ1n) is 5.98. The second kappa shape index (κ2) is 4.92. The SMILES string of the molecule is Cc1c(N)cc(C(=O)NC2CC(=O)N(C)C2=O)cc1F. The van der Waals surface area contributed by atoms with Crippen LogP contribution in [0.4, 0.5) is 10.1 Å². The second-order valence-electron chi connectivity index (χ2n) is 4.69. The number of nitrogens with one attached hydrogen (secondary N) is 1. The molecule has 2 rings (SSSR count). The third kappa shape index (κ3) is 2.34. The summed E-state index contributed by atoms with van der Waals surface area (Å²) in [5.74, 6) is -2.09. The number of likely N-dealkylation sites (N-methyl/N-ethyl adjacent to an activating group) is 1. The van der Waals surface area contributed by atoms with E-state index in [0.717, 1.165) is 11.0 Å². The number of carbonyl (C=O) groups excluding carboxylic acids is 3. The molecule has 1 atom stereocenters. The van der Waals surface area contributed by atoms with Crippen molar-refractivity contribution in [1.82, 2.24) is 10.2 Å². The van der Waals surface area contributed by atoms with Crippen molar-refractivity contribution >= 4 is 23.4 Å². The van der Waals surface area contributed by atoms with Crippen molar-refractivity contribution in [2.24, 2.45) is 0 Å². The van der Waals surface area contributed by atoms with Crippen LogP contribution in [0.2, 0.25) is 0 Å². The molecule has 0 aromatic heterocycles. The zero-order chi connectivity index (χ0) is 15.0. The first-order chi connectivity index (χ1) is 9.31. The highest BCUT2D eigenvalue weighted by Crippen LogP contribution is 2.18. The minimum atomic E-state index is -0.911. The van der Waals surface area contributed by atoms with E-state index in [-0.39, 0.29) is 29.1 Å². The van der Waals surface area contributed by atoms with Crippen molar-refractivity contribution in [3.8, 4) is 0 Å². The van der Waals surface area contributed by atoms with Gasteiger partial charge in [-0.2, -0.15) is 0 Å². The summed E-state index contributed by atoms with van der Waals surface area (Å²) in [5.41, 5.74) is 6.02. The normalized spacial score (nSPS) is 18.6. The van der Waals surface area contributed by atoms with E-state index in [1.807, 2.05) is 0 Å². The van der Waals surface area contributed by atoms with E-state index in [2.05, 4.69) is 5.32 Å². The largest absolute Gasteiger partial charge is 0.398 e. The monoisotopic (exact) mass is 279 g/mol. The van der Waals surface area contributed by atoms with Crippen molar-refractivity contribution in [3.63, 3.8) is 0 Å². The molecule has 1 aliphatic rings. The van der Waals surface area contributed by atoms with Gasteiger partial charge in [0.1, 0.15) is 11.9 Å². The van der Waals surface area contributed by atoms with Crippen molar-refractivity contribution in [3.05, 3.63) is 29.1 Å². The molecule has 3 amide bonds. The molecular formula is C13H14FN3O3. The van der Waals surface area contributed by atoms with Gasteiger partial charge in [-0.15, -0.1) is 0 Å². The van der Waals surface area contributed by atoms with Gasteiger partial charge in [-0.1, -0.05) is 0 Å². The molecule has 0 aliphatic carbocycles. The number of anilines is 1. The van der Waals surface area contributed by atoms with Crippen molar-refractivity contribution in [1.29, 1.82) is 0 Å². The Bertz CT molecular complexity index is 592. The predicted octanol–water partition coefficient (Wildman–Crippen LogP) is 0.203. The third-order valence-corrected chi connectivity index (χ3v) is 3.33. The van der Waals surface area contributed by atoms with Crippen LogP contribution in [0.5, 0.6) is 0 Å². The van der Waals surface area contributed by atoms with Crippen LogP contribution in [-0.4, -0.2) is 35.7 Å². The average Bonchev–Trinajstić information content (AvgIpc) is 2.63. The summed E-state index contributed by atoms with van der Waals surface area (Å²) in [7, 11) is 1.35. The number of hydrogen-bond donors (Lipinski definition) is 2. The molecule has 1 saturated heterocycles. The van der Waals surface area contributed by atoms with Gasteiger partial charge < -0.3 is 11.1 Å². The molecule has 1 fully saturated rings. The topological polar surface area (TPSA) is 92.5 Å². The number of rotatable bonds is 2. The van der Waals surface area contributed by atoms with Crippen molar-refractivity contribution in [2.75, 3.05) is 12.8 Å². The van der Waals surface area contributed by atoms with Gasteiger partial charge in [0.15, 0.2) is 0 Å². The number of nitrogens with zero attached hydrogens (tertiary/aromatic N) is 1. The predicted molar refractivity (Wildman–Crippen MR) is 69.2 cm³/mol. The second-order valence-corrected chi connectivity index (χ2v) is 4.69. The highest BCUT2D eigenvalue weighted by molar-refractivity contribution is 6.08. The number of amides is 3. The molecule has 3 N–H and O–H groups in total.